The van der Waals surface area contributed by atoms with Gasteiger partial charge in [0.25, 0.3) is 0 Å². The summed E-state index contributed by atoms with van der Waals surface area (Å²) in [6.45, 7) is 3.68. The van der Waals surface area contributed by atoms with Crippen LogP contribution in [0, 0.1) is 6.92 Å². The van der Waals surface area contributed by atoms with Crippen LogP contribution >= 0.6 is 11.3 Å². The van der Waals surface area contributed by atoms with E-state index in [1.165, 1.54) is 5.01 Å². The van der Waals surface area contributed by atoms with Crippen LogP contribution in [-0.4, -0.2) is 34.4 Å². The molecule has 20 heavy (non-hydrogen) atoms. The minimum atomic E-state index is -0.583. The van der Waals surface area contributed by atoms with E-state index in [2.05, 4.69) is 10.4 Å². The molecular formula is C15H23N3OS. The van der Waals surface area contributed by atoms with Gasteiger partial charge < -0.3 is 10.6 Å². The van der Waals surface area contributed by atoms with Crippen LogP contribution in [0.3, 0.4) is 0 Å². The molecule has 1 aromatic heterocycles. The fraction of sp³-hybridized carbons (Fsp3) is 0.733. The molecule has 2 N–H and O–H groups in total. The largest absolute Gasteiger partial charge is 0.340 e. The number of aryl methyl sites for hydroxylation is 1. The van der Waals surface area contributed by atoms with E-state index in [1.807, 2.05) is 11.8 Å². The Morgan fingerprint density at radius 1 is 1.45 bits per heavy atom. The molecule has 0 aromatic carbocycles. The van der Waals surface area contributed by atoms with Crippen LogP contribution in [0.2, 0.25) is 0 Å². The third kappa shape index (κ3) is 2.61. The minimum absolute atomic E-state index is 0.174. The SMILES string of the molecule is Cc1csc(C2CCCN(C(=O)C3(N)CCCC3)C2)n1. The zero-order valence-electron chi connectivity index (χ0n) is 12.1. The topological polar surface area (TPSA) is 59.2 Å². The number of likely N-dealkylation sites (tertiary alicyclic amines) is 1. The lowest BCUT2D eigenvalue weighted by molar-refractivity contribution is -0.138. The molecular weight excluding hydrogens is 270 g/mol. The third-order valence-electron chi connectivity index (χ3n) is 4.62. The Bertz CT molecular complexity index is 493. The maximum atomic E-state index is 12.7. The molecule has 0 spiro atoms. The number of nitrogens with zero attached hydrogens (tertiary/aromatic N) is 2. The molecule has 1 atom stereocenters. The second kappa shape index (κ2) is 5.45. The molecule has 1 saturated carbocycles. The van der Waals surface area contributed by atoms with E-state index < -0.39 is 5.54 Å². The molecule has 4 nitrogen and oxygen atoms in total. The zero-order chi connectivity index (χ0) is 14.2. The van der Waals surface area contributed by atoms with E-state index in [4.69, 9.17) is 5.73 Å². The van der Waals surface area contributed by atoms with Gasteiger partial charge in [-0.25, -0.2) is 4.98 Å². The Balaban J connectivity index is 1.70. The average Bonchev–Trinajstić information content (AvgIpc) is 3.08. The Morgan fingerprint density at radius 2 is 2.20 bits per heavy atom. The Kier molecular flexibility index (Phi) is 3.82. The van der Waals surface area contributed by atoms with Crippen LogP contribution in [0.5, 0.6) is 0 Å². The van der Waals surface area contributed by atoms with E-state index in [0.29, 0.717) is 5.92 Å². The zero-order valence-corrected chi connectivity index (χ0v) is 12.9. The van der Waals surface area contributed by atoms with Crippen molar-refractivity contribution in [3.05, 3.63) is 16.1 Å². The summed E-state index contributed by atoms with van der Waals surface area (Å²) in [7, 11) is 0. The Morgan fingerprint density at radius 3 is 2.85 bits per heavy atom. The fourth-order valence-electron chi connectivity index (χ4n) is 3.46. The van der Waals surface area contributed by atoms with Gasteiger partial charge in [0.05, 0.1) is 10.5 Å². The van der Waals surface area contributed by atoms with Crippen molar-refractivity contribution in [2.24, 2.45) is 5.73 Å². The molecule has 0 radical (unpaired) electrons. The molecule has 2 fully saturated rings. The second-order valence-electron chi connectivity index (χ2n) is 6.28. The predicted molar refractivity (Wildman–Crippen MR) is 80.8 cm³/mol. The highest BCUT2D eigenvalue weighted by Gasteiger charge is 2.41. The summed E-state index contributed by atoms with van der Waals surface area (Å²) >= 11 is 1.72. The van der Waals surface area contributed by atoms with Crippen LogP contribution in [0.1, 0.15) is 55.1 Å². The Hall–Kier alpha value is -0.940. The van der Waals surface area contributed by atoms with Gasteiger partial charge in [0.2, 0.25) is 5.91 Å². The van der Waals surface area contributed by atoms with Gasteiger partial charge in [-0.1, -0.05) is 12.8 Å². The number of hydrogen-bond donors (Lipinski definition) is 1. The van der Waals surface area contributed by atoms with Gasteiger partial charge in [0.15, 0.2) is 0 Å². The summed E-state index contributed by atoms with van der Waals surface area (Å²) in [4.78, 5) is 19.3. The van der Waals surface area contributed by atoms with Crippen molar-refractivity contribution in [3.8, 4) is 0 Å². The molecule has 1 unspecified atom stereocenters. The highest BCUT2D eigenvalue weighted by atomic mass is 32.1. The summed E-state index contributed by atoms with van der Waals surface area (Å²) in [6.07, 6.45) is 6.07. The van der Waals surface area contributed by atoms with Gasteiger partial charge in [-0.15, -0.1) is 11.3 Å². The van der Waals surface area contributed by atoms with Crippen LogP contribution in [0.15, 0.2) is 5.38 Å². The highest BCUT2D eigenvalue weighted by Crippen LogP contribution is 2.33. The lowest BCUT2D eigenvalue weighted by Crippen LogP contribution is -2.55. The highest BCUT2D eigenvalue weighted by molar-refractivity contribution is 7.09. The van der Waals surface area contributed by atoms with Crippen molar-refractivity contribution >= 4 is 17.2 Å². The van der Waals surface area contributed by atoms with Gasteiger partial charge in [0, 0.05) is 30.1 Å². The van der Waals surface area contributed by atoms with E-state index in [1.54, 1.807) is 11.3 Å². The van der Waals surface area contributed by atoms with Gasteiger partial charge in [-0.3, -0.25) is 4.79 Å². The van der Waals surface area contributed by atoms with Crippen LogP contribution in [-0.2, 0) is 4.79 Å². The van der Waals surface area contributed by atoms with Gasteiger partial charge in [-0.05, 0) is 32.6 Å². The summed E-state index contributed by atoms with van der Waals surface area (Å²) < 4.78 is 0. The number of piperidine rings is 1. The first-order chi connectivity index (χ1) is 9.58. The van der Waals surface area contributed by atoms with Crippen LogP contribution in [0.4, 0.5) is 0 Å². The summed E-state index contributed by atoms with van der Waals surface area (Å²) in [6, 6.07) is 0. The molecule has 110 valence electrons. The first-order valence-corrected chi connectivity index (χ1v) is 8.47. The van der Waals surface area contributed by atoms with Crippen LogP contribution < -0.4 is 5.73 Å². The maximum absolute atomic E-state index is 12.7. The number of thiazole rings is 1. The first-order valence-electron chi connectivity index (χ1n) is 7.59. The van der Waals surface area contributed by atoms with Gasteiger partial charge in [0.1, 0.15) is 0 Å². The summed E-state index contributed by atoms with van der Waals surface area (Å²) in [5.41, 5.74) is 6.82. The minimum Gasteiger partial charge on any atom is -0.340 e. The molecule has 1 aliphatic carbocycles. The molecule has 1 amide bonds. The van der Waals surface area contributed by atoms with Crippen molar-refractivity contribution in [1.29, 1.82) is 0 Å². The van der Waals surface area contributed by atoms with Crippen molar-refractivity contribution in [2.45, 2.75) is 56.9 Å². The number of nitrogens with two attached hydrogens (primary N) is 1. The molecule has 1 aliphatic heterocycles. The molecule has 2 aliphatic rings. The van der Waals surface area contributed by atoms with Crippen molar-refractivity contribution < 1.29 is 4.79 Å². The summed E-state index contributed by atoms with van der Waals surface area (Å²) in [5, 5.41) is 3.27. The standard InChI is InChI=1S/C15H23N3OS/c1-11-10-20-13(17-11)12-5-4-8-18(9-12)14(19)15(16)6-2-3-7-15/h10,12H,2-9,16H2,1H3. The third-order valence-corrected chi connectivity index (χ3v) is 5.74. The van der Waals surface area contributed by atoms with Gasteiger partial charge >= 0.3 is 0 Å². The number of amides is 1. The number of hydrogen-bond acceptors (Lipinski definition) is 4. The quantitative estimate of drug-likeness (QED) is 0.911. The van der Waals surface area contributed by atoms with Crippen molar-refractivity contribution in [1.82, 2.24) is 9.88 Å². The number of rotatable bonds is 2. The normalized spacial score (nSPS) is 25.9. The monoisotopic (exact) mass is 293 g/mol. The second-order valence-corrected chi connectivity index (χ2v) is 7.17. The van der Waals surface area contributed by atoms with E-state index in [9.17, 15) is 4.79 Å². The van der Waals surface area contributed by atoms with E-state index in [0.717, 1.165) is 57.3 Å². The lowest BCUT2D eigenvalue weighted by Gasteiger charge is -2.36. The smallest absolute Gasteiger partial charge is 0.242 e. The van der Waals surface area contributed by atoms with E-state index >= 15 is 0 Å². The summed E-state index contributed by atoms with van der Waals surface area (Å²) in [5.74, 6) is 0.574. The number of carbonyl (C=O) groups excluding carboxylic acids is 1. The van der Waals surface area contributed by atoms with Gasteiger partial charge in [-0.2, -0.15) is 0 Å². The molecule has 0 bridgehead atoms. The fourth-order valence-corrected chi connectivity index (χ4v) is 4.38. The lowest BCUT2D eigenvalue weighted by atomic mass is 9.93. The van der Waals surface area contributed by atoms with E-state index in [-0.39, 0.29) is 5.91 Å². The van der Waals surface area contributed by atoms with Crippen LogP contribution in [0.25, 0.3) is 0 Å². The molecule has 5 heteroatoms. The van der Waals surface area contributed by atoms with Crippen molar-refractivity contribution in [2.75, 3.05) is 13.1 Å². The molecule has 1 aromatic rings. The Labute approximate surface area is 124 Å². The first kappa shape index (κ1) is 14.0. The number of carbonyl (C=O) groups is 1. The number of aromatic nitrogens is 1. The predicted octanol–water partition coefficient (Wildman–Crippen LogP) is 2.43. The van der Waals surface area contributed by atoms with Crippen molar-refractivity contribution in [3.63, 3.8) is 0 Å². The maximum Gasteiger partial charge on any atom is 0.242 e. The average molecular weight is 293 g/mol. The molecule has 3 rings (SSSR count). The molecule has 2 heterocycles. The molecule has 1 saturated heterocycles.